The molecule has 0 aliphatic rings. The van der Waals surface area contributed by atoms with Crippen molar-refractivity contribution in [1.82, 2.24) is 4.57 Å². The number of rotatable bonds is 7. The summed E-state index contributed by atoms with van der Waals surface area (Å²) in [5, 5.41) is 4.66. The Labute approximate surface area is 330 Å². The summed E-state index contributed by atoms with van der Waals surface area (Å²) in [5.74, 6) is 0. The van der Waals surface area contributed by atoms with E-state index in [9.17, 15) is 0 Å². The van der Waals surface area contributed by atoms with Crippen molar-refractivity contribution in [2.24, 2.45) is 0 Å². The molecule has 2 aromatic heterocycles. The minimum Gasteiger partial charge on any atom is -0.456 e. The first-order chi connectivity index (χ1) is 28.3. The molecule has 3 heteroatoms. The van der Waals surface area contributed by atoms with Crippen molar-refractivity contribution in [3.8, 4) is 39.1 Å². The lowest BCUT2D eigenvalue weighted by atomic mass is 9.99. The number of benzene rings is 9. The molecule has 0 atom stereocenters. The van der Waals surface area contributed by atoms with Gasteiger partial charge in [0.15, 0.2) is 0 Å². The third kappa shape index (κ3) is 5.60. The summed E-state index contributed by atoms with van der Waals surface area (Å²) in [7, 11) is 0. The van der Waals surface area contributed by atoms with Crippen LogP contribution in [-0.2, 0) is 0 Å². The number of anilines is 3. The molecule has 9 aromatic carbocycles. The van der Waals surface area contributed by atoms with Crippen LogP contribution in [0.5, 0.6) is 0 Å². The number of para-hydroxylation sites is 4. The molecule has 3 nitrogen and oxygen atoms in total. The van der Waals surface area contributed by atoms with Crippen LogP contribution in [-0.4, -0.2) is 4.57 Å². The van der Waals surface area contributed by atoms with Crippen LogP contribution in [0.1, 0.15) is 0 Å². The number of aromatic nitrogens is 1. The van der Waals surface area contributed by atoms with Crippen LogP contribution < -0.4 is 4.90 Å². The fourth-order valence-electron chi connectivity index (χ4n) is 8.55. The lowest BCUT2D eigenvalue weighted by Crippen LogP contribution is -2.11. The molecular weight excluding hydrogens is 693 g/mol. The van der Waals surface area contributed by atoms with E-state index in [0.29, 0.717) is 0 Å². The molecule has 11 aromatic rings. The van der Waals surface area contributed by atoms with Crippen molar-refractivity contribution < 1.29 is 4.42 Å². The lowest BCUT2D eigenvalue weighted by Gasteiger charge is -2.29. The summed E-state index contributed by atoms with van der Waals surface area (Å²) in [4.78, 5) is 2.39. The van der Waals surface area contributed by atoms with E-state index in [4.69, 9.17) is 4.42 Å². The largest absolute Gasteiger partial charge is 0.456 e. The summed E-state index contributed by atoms with van der Waals surface area (Å²) < 4.78 is 8.73. The highest BCUT2D eigenvalue weighted by Crippen LogP contribution is 2.45. The van der Waals surface area contributed by atoms with E-state index >= 15 is 0 Å². The third-order valence-corrected chi connectivity index (χ3v) is 11.2. The predicted octanol–water partition coefficient (Wildman–Crippen LogP) is 15.2. The molecule has 0 saturated carbocycles. The smallest absolute Gasteiger partial charge is 0.135 e. The average Bonchev–Trinajstić information content (AvgIpc) is 3.83. The van der Waals surface area contributed by atoms with Crippen molar-refractivity contribution in [1.29, 1.82) is 0 Å². The summed E-state index contributed by atoms with van der Waals surface area (Å²) >= 11 is 0. The maximum absolute atomic E-state index is 6.29. The Balaban J connectivity index is 1.12. The fourth-order valence-corrected chi connectivity index (χ4v) is 8.55. The molecule has 0 spiro atoms. The van der Waals surface area contributed by atoms with E-state index in [1.54, 1.807) is 0 Å². The van der Waals surface area contributed by atoms with Crippen LogP contribution in [0.3, 0.4) is 0 Å². The average molecular weight is 729 g/mol. The second-order valence-corrected chi connectivity index (χ2v) is 14.5. The van der Waals surface area contributed by atoms with Gasteiger partial charge in [0.1, 0.15) is 11.2 Å². The molecule has 11 rings (SSSR count). The molecule has 0 aliphatic carbocycles. The molecule has 0 fully saturated rings. The van der Waals surface area contributed by atoms with Crippen molar-refractivity contribution in [2.45, 2.75) is 0 Å². The molecule has 0 N–H and O–H groups in total. The van der Waals surface area contributed by atoms with Gasteiger partial charge in [0.05, 0.1) is 22.4 Å². The zero-order chi connectivity index (χ0) is 37.7. The number of furan rings is 1. The van der Waals surface area contributed by atoms with E-state index in [0.717, 1.165) is 55.8 Å². The summed E-state index contributed by atoms with van der Waals surface area (Å²) in [6, 6.07) is 78.2. The zero-order valence-corrected chi connectivity index (χ0v) is 31.1. The topological polar surface area (TPSA) is 21.3 Å². The highest BCUT2D eigenvalue weighted by molar-refractivity contribution is 6.11. The quantitative estimate of drug-likeness (QED) is 0.163. The first kappa shape index (κ1) is 32.8. The van der Waals surface area contributed by atoms with E-state index in [1.165, 1.54) is 44.1 Å². The normalized spacial score (nSPS) is 11.5. The Morgan fingerprint density at radius 2 is 0.895 bits per heavy atom. The van der Waals surface area contributed by atoms with Crippen LogP contribution in [0.15, 0.2) is 223 Å². The Morgan fingerprint density at radius 1 is 0.333 bits per heavy atom. The van der Waals surface area contributed by atoms with Gasteiger partial charge in [-0.3, -0.25) is 0 Å². The summed E-state index contributed by atoms with van der Waals surface area (Å²) in [5.41, 5.74) is 15.5. The van der Waals surface area contributed by atoms with Crippen LogP contribution in [0.25, 0.3) is 82.8 Å². The monoisotopic (exact) mass is 728 g/mol. The molecule has 2 heterocycles. The molecular formula is C54H36N2O. The zero-order valence-electron chi connectivity index (χ0n) is 31.1. The number of hydrogen-bond donors (Lipinski definition) is 0. The van der Waals surface area contributed by atoms with E-state index in [1.807, 2.05) is 12.1 Å². The molecule has 0 radical (unpaired) electrons. The maximum Gasteiger partial charge on any atom is 0.135 e. The van der Waals surface area contributed by atoms with Crippen LogP contribution in [0, 0.1) is 0 Å². The molecule has 0 bridgehead atoms. The second-order valence-electron chi connectivity index (χ2n) is 14.5. The first-order valence-electron chi connectivity index (χ1n) is 19.4. The van der Waals surface area contributed by atoms with Gasteiger partial charge in [0.25, 0.3) is 0 Å². The fraction of sp³-hybridized carbons (Fsp3) is 0. The van der Waals surface area contributed by atoms with Gasteiger partial charge < -0.3 is 13.9 Å². The molecule has 0 saturated heterocycles. The minimum atomic E-state index is 0.875. The minimum absolute atomic E-state index is 0.875. The van der Waals surface area contributed by atoms with Gasteiger partial charge in [0, 0.05) is 44.0 Å². The maximum atomic E-state index is 6.29. The molecule has 268 valence electrons. The van der Waals surface area contributed by atoms with E-state index in [-0.39, 0.29) is 0 Å². The second kappa shape index (κ2) is 13.6. The number of nitrogens with zero attached hydrogens (tertiary/aromatic N) is 2. The molecule has 0 unspecified atom stereocenters. The summed E-state index contributed by atoms with van der Waals surface area (Å²) in [6.07, 6.45) is 0. The SMILES string of the molecule is c1ccc(-c2ccc(N(c3ccc4oc5ccccc5c4c3)c3ccccc3-c3ccccc3-n3c4ccccc4c4cc(-c5ccccc5)ccc43)cc2)cc1. The summed E-state index contributed by atoms with van der Waals surface area (Å²) in [6.45, 7) is 0. The van der Waals surface area contributed by atoms with Gasteiger partial charge in [-0.1, -0.05) is 152 Å². The van der Waals surface area contributed by atoms with E-state index < -0.39 is 0 Å². The molecule has 57 heavy (non-hydrogen) atoms. The van der Waals surface area contributed by atoms with Gasteiger partial charge in [-0.05, 0) is 89.0 Å². The first-order valence-corrected chi connectivity index (χ1v) is 19.4. The Hall–Kier alpha value is -7.62. The third-order valence-electron chi connectivity index (χ3n) is 11.2. The molecule has 0 amide bonds. The van der Waals surface area contributed by atoms with Gasteiger partial charge >= 0.3 is 0 Å². The Bertz CT molecular complexity index is 3230. The molecule has 0 aliphatic heterocycles. The van der Waals surface area contributed by atoms with Gasteiger partial charge in [-0.25, -0.2) is 0 Å². The predicted molar refractivity (Wildman–Crippen MR) is 239 cm³/mol. The Morgan fingerprint density at radius 3 is 1.70 bits per heavy atom. The van der Waals surface area contributed by atoms with E-state index in [2.05, 4.69) is 216 Å². The van der Waals surface area contributed by atoms with Crippen molar-refractivity contribution in [2.75, 3.05) is 4.90 Å². The van der Waals surface area contributed by atoms with Crippen molar-refractivity contribution in [3.05, 3.63) is 218 Å². The standard InChI is InChI=1S/C54H36N2O/c1-3-15-37(16-4-1)39-27-30-41(31-28-39)55(42-32-34-54-48(36-42)46-22-10-14-26-53(46)57-54)49-23-11-7-19-43(49)44-20-8-12-24-50(44)56-51-25-13-9-21-45(51)47-35-40(29-33-52(47)56)38-17-5-2-6-18-38/h1-36H. The van der Waals surface area contributed by atoms with Crippen LogP contribution in [0.2, 0.25) is 0 Å². The Kier molecular flexibility index (Phi) is 7.82. The highest BCUT2D eigenvalue weighted by atomic mass is 16.3. The number of hydrogen-bond acceptors (Lipinski definition) is 2. The van der Waals surface area contributed by atoms with Gasteiger partial charge in [0.2, 0.25) is 0 Å². The van der Waals surface area contributed by atoms with Crippen molar-refractivity contribution in [3.63, 3.8) is 0 Å². The van der Waals surface area contributed by atoms with Gasteiger partial charge in [-0.2, -0.15) is 0 Å². The lowest BCUT2D eigenvalue weighted by molar-refractivity contribution is 0.669. The number of fused-ring (bicyclic) bond motifs is 6. The van der Waals surface area contributed by atoms with Gasteiger partial charge in [-0.15, -0.1) is 0 Å². The van der Waals surface area contributed by atoms with Crippen LogP contribution >= 0.6 is 0 Å². The highest BCUT2D eigenvalue weighted by Gasteiger charge is 2.22. The van der Waals surface area contributed by atoms with Crippen LogP contribution in [0.4, 0.5) is 17.1 Å². The van der Waals surface area contributed by atoms with Crippen molar-refractivity contribution >= 4 is 60.8 Å².